The molecule has 0 aromatic heterocycles. The van der Waals surface area contributed by atoms with E-state index in [0.29, 0.717) is 38.0 Å². The van der Waals surface area contributed by atoms with Gasteiger partial charge in [0.25, 0.3) is 0 Å². The summed E-state index contributed by atoms with van der Waals surface area (Å²) in [7, 11) is -1.27. The highest BCUT2D eigenvalue weighted by molar-refractivity contribution is 7.94. The Hall–Kier alpha value is -0.290. The van der Waals surface area contributed by atoms with Crippen molar-refractivity contribution in [2.45, 2.75) is 99.9 Å². The van der Waals surface area contributed by atoms with Crippen molar-refractivity contribution in [1.29, 1.82) is 0 Å². The molecule has 4 aliphatic rings. The molecule has 4 atom stereocenters. The highest BCUT2D eigenvalue weighted by Gasteiger charge is 2.71. The average Bonchev–Trinajstić information content (AvgIpc) is 3.62. The molecule has 31 heavy (non-hydrogen) atoms. The summed E-state index contributed by atoms with van der Waals surface area (Å²) in [5.74, 6) is -0.182. The number of ether oxygens (including phenoxy) is 3. The third kappa shape index (κ3) is 4.32. The van der Waals surface area contributed by atoms with Gasteiger partial charge in [0.05, 0.1) is 17.4 Å². The Balaban J connectivity index is 1.23. The van der Waals surface area contributed by atoms with E-state index in [1.165, 1.54) is 0 Å². The third-order valence-corrected chi connectivity index (χ3v) is 11.1. The normalized spacial score (nSPS) is 34.3. The first-order valence-electron chi connectivity index (χ1n) is 11.9. The predicted molar refractivity (Wildman–Crippen MR) is 119 cm³/mol. The molecule has 2 heterocycles. The van der Waals surface area contributed by atoms with Crippen molar-refractivity contribution in [2.75, 3.05) is 33.4 Å². The number of nitrogens with zero attached hydrogens (tertiary/aromatic N) is 1. The van der Waals surface area contributed by atoms with E-state index in [9.17, 15) is 8.42 Å². The number of likely N-dealkylation sites (N-methyl/N-ethyl adjacent to an activating group) is 1. The van der Waals surface area contributed by atoms with Crippen molar-refractivity contribution in [3.63, 3.8) is 0 Å². The highest BCUT2D eigenvalue weighted by atomic mass is 32.2. The molecule has 0 bridgehead atoms. The van der Waals surface area contributed by atoms with Gasteiger partial charge in [-0.25, -0.2) is 18.9 Å². The molecular weight excluding hydrogens is 418 g/mol. The summed E-state index contributed by atoms with van der Waals surface area (Å²) >= 11 is 0. The van der Waals surface area contributed by atoms with Gasteiger partial charge in [0.1, 0.15) is 17.1 Å². The van der Waals surface area contributed by atoms with Gasteiger partial charge in [0, 0.05) is 20.2 Å². The second kappa shape index (κ2) is 8.49. The van der Waals surface area contributed by atoms with E-state index in [1.807, 2.05) is 32.8 Å². The van der Waals surface area contributed by atoms with Gasteiger partial charge in [-0.05, 0) is 71.8 Å². The van der Waals surface area contributed by atoms with Crippen LogP contribution in [-0.2, 0) is 24.0 Å². The lowest BCUT2D eigenvalue weighted by Gasteiger charge is -2.48. The van der Waals surface area contributed by atoms with Crippen LogP contribution in [0.4, 0.5) is 0 Å². The van der Waals surface area contributed by atoms with Crippen LogP contribution in [-0.4, -0.2) is 80.4 Å². The fourth-order valence-corrected chi connectivity index (χ4v) is 8.21. The van der Waals surface area contributed by atoms with Crippen molar-refractivity contribution in [3.8, 4) is 0 Å². The lowest BCUT2D eigenvalue weighted by molar-refractivity contribution is -0.186. The second-order valence-corrected chi connectivity index (χ2v) is 13.2. The Morgan fingerprint density at radius 2 is 1.97 bits per heavy atom. The standard InChI is InChI=1S/C22H41N3O5S/c1-6-28-19-18(24-25(19)5)16(2)8-7-13-23-15-21(9-10-21)31(26,27)22(11-12-22)17-14-29-20(3,4)30-17/h16-19,23-24H,6-15H2,1-5H3/t16-,17?,18-,19?/m1/s1. The van der Waals surface area contributed by atoms with Crippen molar-refractivity contribution in [3.05, 3.63) is 0 Å². The lowest BCUT2D eigenvalue weighted by Crippen LogP contribution is -2.70. The summed E-state index contributed by atoms with van der Waals surface area (Å²) in [5.41, 5.74) is 3.41. The Kier molecular flexibility index (Phi) is 6.53. The number of rotatable bonds is 12. The van der Waals surface area contributed by atoms with E-state index in [-0.39, 0.29) is 12.3 Å². The van der Waals surface area contributed by atoms with Crippen molar-refractivity contribution < 1.29 is 22.6 Å². The molecular formula is C22H41N3O5S. The topological polar surface area (TPSA) is 89.1 Å². The van der Waals surface area contributed by atoms with Crippen LogP contribution in [0.5, 0.6) is 0 Å². The zero-order valence-electron chi connectivity index (χ0n) is 19.8. The van der Waals surface area contributed by atoms with Crippen molar-refractivity contribution in [1.82, 2.24) is 15.8 Å². The Labute approximate surface area is 187 Å². The maximum atomic E-state index is 13.6. The largest absolute Gasteiger partial charge is 0.360 e. The number of nitrogens with one attached hydrogen (secondary N) is 2. The number of sulfone groups is 1. The van der Waals surface area contributed by atoms with Gasteiger partial charge in [0.15, 0.2) is 15.6 Å². The number of hydrogen-bond donors (Lipinski definition) is 2. The maximum Gasteiger partial charge on any atom is 0.165 e. The molecule has 4 rings (SSSR count). The first kappa shape index (κ1) is 23.9. The molecule has 180 valence electrons. The molecule has 2 aliphatic carbocycles. The van der Waals surface area contributed by atoms with E-state index in [1.54, 1.807) is 0 Å². The van der Waals surface area contributed by atoms with Crippen LogP contribution in [0.3, 0.4) is 0 Å². The SMILES string of the molecule is CCOC1[C@@H]([C@H](C)CCCNCC2(S(=O)(=O)C3(C4COC(C)(C)O4)CC3)CC2)NN1C. The predicted octanol–water partition coefficient (Wildman–Crippen LogP) is 1.81. The van der Waals surface area contributed by atoms with E-state index in [4.69, 9.17) is 14.2 Å². The zero-order chi connectivity index (χ0) is 22.5. The summed E-state index contributed by atoms with van der Waals surface area (Å²) in [6.45, 7) is 10.5. The molecule has 0 spiro atoms. The average molecular weight is 460 g/mol. The minimum atomic E-state index is -3.28. The van der Waals surface area contributed by atoms with E-state index >= 15 is 0 Å². The first-order valence-corrected chi connectivity index (χ1v) is 13.4. The van der Waals surface area contributed by atoms with Gasteiger partial charge >= 0.3 is 0 Å². The zero-order valence-corrected chi connectivity index (χ0v) is 20.6. The maximum absolute atomic E-state index is 13.6. The Morgan fingerprint density at radius 1 is 1.26 bits per heavy atom. The molecule has 0 radical (unpaired) electrons. The Bertz CT molecular complexity index is 750. The van der Waals surface area contributed by atoms with Gasteiger partial charge in [-0.2, -0.15) is 0 Å². The van der Waals surface area contributed by atoms with E-state index in [2.05, 4.69) is 17.7 Å². The fourth-order valence-electron chi connectivity index (χ4n) is 5.31. The molecule has 0 aromatic rings. The van der Waals surface area contributed by atoms with Crippen molar-refractivity contribution >= 4 is 9.84 Å². The monoisotopic (exact) mass is 459 g/mol. The fraction of sp³-hybridized carbons (Fsp3) is 1.00. The summed E-state index contributed by atoms with van der Waals surface area (Å²) in [4.78, 5) is 0. The van der Waals surface area contributed by atoms with Gasteiger partial charge in [-0.1, -0.05) is 6.92 Å². The smallest absolute Gasteiger partial charge is 0.165 e. The van der Waals surface area contributed by atoms with Crippen LogP contribution in [0.1, 0.15) is 66.2 Å². The van der Waals surface area contributed by atoms with Crippen LogP contribution < -0.4 is 10.7 Å². The molecule has 9 heteroatoms. The summed E-state index contributed by atoms with van der Waals surface area (Å²) in [6.07, 6.45) is 4.82. The first-order chi connectivity index (χ1) is 14.6. The molecule has 2 aliphatic heterocycles. The molecule has 8 nitrogen and oxygen atoms in total. The minimum absolute atomic E-state index is 0.148. The summed E-state index contributed by atoms with van der Waals surface area (Å²) in [6, 6.07) is 0.354. The molecule has 0 aromatic carbocycles. The Morgan fingerprint density at radius 3 is 2.48 bits per heavy atom. The van der Waals surface area contributed by atoms with Crippen LogP contribution in [0.2, 0.25) is 0 Å². The molecule has 4 fully saturated rings. The van der Waals surface area contributed by atoms with Crippen molar-refractivity contribution in [2.24, 2.45) is 5.92 Å². The van der Waals surface area contributed by atoms with Gasteiger partial charge in [0.2, 0.25) is 0 Å². The second-order valence-electron chi connectivity index (χ2n) is 10.5. The highest BCUT2D eigenvalue weighted by Crippen LogP contribution is 2.59. The minimum Gasteiger partial charge on any atom is -0.360 e. The molecule has 2 saturated heterocycles. The summed E-state index contributed by atoms with van der Waals surface area (Å²) < 4.78 is 43.4. The van der Waals surface area contributed by atoms with E-state index < -0.39 is 25.1 Å². The van der Waals surface area contributed by atoms with Gasteiger partial charge in [-0.15, -0.1) is 0 Å². The van der Waals surface area contributed by atoms with E-state index in [0.717, 1.165) is 38.8 Å². The molecule has 2 saturated carbocycles. The van der Waals surface area contributed by atoms with Crippen LogP contribution in [0.25, 0.3) is 0 Å². The molecule has 2 unspecified atom stereocenters. The van der Waals surface area contributed by atoms with Gasteiger partial charge in [-0.3, -0.25) is 0 Å². The van der Waals surface area contributed by atoms with Crippen LogP contribution in [0.15, 0.2) is 0 Å². The summed E-state index contributed by atoms with van der Waals surface area (Å²) in [5, 5.41) is 5.49. The quantitative estimate of drug-likeness (QED) is 0.427. The molecule has 2 N–H and O–H groups in total. The number of hydrazine groups is 1. The van der Waals surface area contributed by atoms with Gasteiger partial charge < -0.3 is 19.5 Å². The molecule has 0 amide bonds. The number of hydrogen-bond acceptors (Lipinski definition) is 8. The van der Waals surface area contributed by atoms with Crippen LogP contribution in [0, 0.1) is 5.92 Å². The third-order valence-electron chi connectivity index (χ3n) is 7.70. The van der Waals surface area contributed by atoms with Crippen LogP contribution >= 0.6 is 0 Å². The lowest BCUT2D eigenvalue weighted by atomic mass is 9.93.